The standard InChI is InChI=1S/C15H17ClFN3O/c1-19-14(16)8-18-15(19)10-20-6-7-21-13(9-20)11-2-4-12(17)5-3-11/h2-5,8,13H,6-7,9-10H2,1H3/t13-/m1/s1. The Hall–Kier alpha value is -1.43. The van der Waals surface area contributed by atoms with Gasteiger partial charge in [0.05, 0.1) is 25.5 Å². The second-order valence-electron chi connectivity index (χ2n) is 5.20. The van der Waals surface area contributed by atoms with Crippen molar-refractivity contribution in [1.29, 1.82) is 0 Å². The first-order valence-electron chi connectivity index (χ1n) is 6.89. The van der Waals surface area contributed by atoms with Gasteiger partial charge in [-0.15, -0.1) is 0 Å². The van der Waals surface area contributed by atoms with Crippen LogP contribution in [0.5, 0.6) is 0 Å². The summed E-state index contributed by atoms with van der Waals surface area (Å²) in [6.45, 7) is 2.99. The lowest BCUT2D eigenvalue weighted by Crippen LogP contribution is -2.38. The van der Waals surface area contributed by atoms with Crippen LogP contribution in [0.3, 0.4) is 0 Å². The molecule has 0 saturated carbocycles. The Labute approximate surface area is 128 Å². The highest BCUT2D eigenvalue weighted by atomic mass is 35.5. The van der Waals surface area contributed by atoms with Crippen molar-refractivity contribution in [2.75, 3.05) is 19.7 Å². The molecule has 21 heavy (non-hydrogen) atoms. The molecule has 0 bridgehead atoms. The van der Waals surface area contributed by atoms with Crippen LogP contribution < -0.4 is 0 Å². The fourth-order valence-electron chi connectivity index (χ4n) is 2.50. The Kier molecular flexibility index (Phi) is 4.24. The fraction of sp³-hybridized carbons (Fsp3) is 0.400. The lowest BCUT2D eigenvalue weighted by Gasteiger charge is -2.32. The molecule has 1 aliphatic heterocycles. The Balaban J connectivity index is 1.68. The summed E-state index contributed by atoms with van der Waals surface area (Å²) in [6.07, 6.45) is 1.63. The second kappa shape index (κ2) is 6.13. The largest absolute Gasteiger partial charge is 0.371 e. The molecule has 2 aromatic rings. The SMILES string of the molecule is Cn1c(Cl)cnc1CN1CCO[C@@H](c2ccc(F)cc2)C1. The van der Waals surface area contributed by atoms with E-state index in [-0.39, 0.29) is 11.9 Å². The van der Waals surface area contributed by atoms with Crippen molar-refractivity contribution in [1.82, 2.24) is 14.5 Å². The van der Waals surface area contributed by atoms with Crippen molar-refractivity contribution >= 4 is 11.6 Å². The number of imidazole rings is 1. The molecule has 0 N–H and O–H groups in total. The van der Waals surface area contributed by atoms with E-state index in [1.807, 2.05) is 11.6 Å². The third kappa shape index (κ3) is 3.26. The lowest BCUT2D eigenvalue weighted by molar-refractivity contribution is -0.0339. The number of ether oxygens (including phenoxy) is 1. The van der Waals surface area contributed by atoms with Crippen LogP contribution in [0.2, 0.25) is 5.15 Å². The Morgan fingerprint density at radius 3 is 2.81 bits per heavy atom. The summed E-state index contributed by atoms with van der Waals surface area (Å²) >= 11 is 6.01. The predicted octanol–water partition coefficient (Wildman–Crippen LogP) is 2.79. The molecule has 6 heteroatoms. The molecule has 1 aromatic carbocycles. The number of hydrogen-bond acceptors (Lipinski definition) is 3. The van der Waals surface area contributed by atoms with E-state index in [4.69, 9.17) is 16.3 Å². The summed E-state index contributed by atoms with van der Waals surface area (Å²) in [5.74, 6) is 0.703. The summed E-state index contributed by atoms with van der Waals surface area (Å²) in [5.41, 5.74) is 0.999. The van der Waals surface area contributed by atoms with Gasteiger partial charge >= 0.3 is 0 Å². The van der Waals surface area contributed by atoms with Gasteiger partial charge in [0.2, 0.25) is 0 Å². The quantitative estimate of drug-likeness (QED) is 0.873. The van der Waals surface area contributed by atoms with Gasteiger partial charge in [0.15, 0.2) is 0 Å². The number of nitrogens with zero attached hydrogens (tertiary/aromatic N) is 3. The van der Waals surface area contributed by atoms with Gasteiger partial charge in [-0.25, -0.2) is 9.37 Å². The average molecular weight is 310 g/mol. The van der Waals surface area contributed by atoms with E-state index in [2.05, 4.69) is 9.88 Å². The summed E-state index contributed by atoms with van der Waals surface area (Å²) in [6, 6.07) is 6.49. The molecule has 0 aliphatic carbocycles. The summed E-state index contributed by atoms with van der Waals surface area (Å²) in [5, 5.41) is 0.633. The minimum atomic E-state index is -0.228. The van der Waals surface area contributed by atoms with Gasteiger partial charge in [-0.3, -0.25) is 4.90 Å². The first-order valence-corrected chi connectivity index (χ1v) is 7.27. The van der Waals surface area contributed by atoms with E-state index in [9.17, 15) is 4.39 Å². The van der Waals surface area contributed by atoms with Gasteiger partial charge in [-0.2, -0.15) is 0 Å². The number of aromatic nitrogens is 2. The van der Waals surface area contributed by atoms with E-state index in [1.54, 1.807) is 18.3 Å². The van der Waals surface area contributed by atoms with Crippen LogP contribution in [0.1, 0.15) is 17.5 Å². The van der Waals surface area contributed by atoms with Crippen LogP contribution in [0.15, 0.2) is 30.5 Å². The van der Waals surface area contributed by atoms with Crippen molar-refractivity contribution in [3.63, 3.8) is 0 Å². The maximum Gasteiger partial charge on any atom is 0.128 e. The minimum absolute atomic E-state index is 0.0323. The van der Waals surface area contributed by atoms with Gasteiger partial charge in [0.25, 0.3) is 0 Å². The predicted molar refractivity (Wildman–Crippen MR) is 78.6 cm³/mol. The number of rotatable bonds is 3. The normalized spacial score (nSPS) is 19.9. The average Bonchev–Trinajstić information content (AvgIpc) is 2.80. The van der Waals surface area contributed by atoms with Crippen LogP contribution in [0.4, 0.5) is 4.39 Å². The number of benzene rings is 1. The number of morpholine rings is 1. The van der Waals surface area contributed by atoms with Crippen LogP contribution in [-0.4, -0.2) is 34.1 Å². The third-order valence-electron chi connectivity index (χ3n) is 3.79. The zero-order valence-corrected chi connectivity index (χ0v) is 12.6. The second-order valence-corrected chi connectivity index (χ2v) is 5.59. The number of hydrogen-bond donors (Lipinski definition) is 0. The zero-order chi connectivity index (χ0) is 14.8. The van der Waals surface area contributed by atoms with Crippen molar-refractivity contribution < 1.29 is 9.13 Å². The van der Waals surface area contributed by atoms with Crippen molar-refractivity contribution in [3.8, 4) is 0 Å². The molecular weight excluding hydrogens is 293 g/mol. The molecule has 0 spiro atoms. The molecule has 2 heterocycles. The molecule has 0 unspecified atom stereocenters. The highest BCUT2D eigenvalue weighted by molar-refractivity contribution is 6.29. The highest BCUT2D eigenvalue weighted by Crippen LogP contribution is 2.23. The van der Waals surface area contributed by atoms with E-state index in [0.29, 0.717) is 11.8 Å². The Bertz CT molecular complexity index is 614. The first-order chi connectivity index (χ1) is 10.1. The van der Waals surface area contributed by atoms with Crippen molar-refractivity contribution in [2.24, 2.45) is 7.05 Å². The maximum absolute atomic E-state index is 13.0. The molecule has 1 aromatic heterocycles. The van der Waals surface area contributed by atoms with Crippen LogP contribution in [-0.2, 0) is 18.3 Å². The molecule has 0 radical (unpaired) electrons. The molecule has 4 nitrogen and oxygen atoms in total. The molecule has 112 valence electrons. The van der Waals surface area contributed by atoms with Gasteiger partial charge in [-0.05, 0) is 17.7 Å². The molecule has 1 saturated heterocycles. The van der Waals surface area contributed by atoms with E-state index in [0.717, 1.165) is 31.0 Å². The molecule has 3 rings (SSSR count). The van der Waals surface area contributed by atoms with Crippen LogP contribution in [0, 0.1) is 5.82 Å². The smallest absolute Gasteiger partial charge is 0.128 e. The molecule has 0 amide bonds. The lowest BCUT2D eigenvalue weighted by atomic mass is 10.1. The van der Waals surface area contributed by atoms with Crippen molar-refractivity contribution in [2.45, 2.75) is 12.6 Å². The van der Waals surface area contributed by atoms with E-state index >= 15 is 0 Å². The van der Waals surface area contributed by atoms with Gasteiger partial charge in [0.1, 0.15) is 16.8 Å². The summed E-state index contributed by atoms with van der Waals surface area (Å²) < 4.78 is 20.7. The van der Waals surface area contributed by atoms with Crippen LogP contribution >= 0.6 is 11.6 Å². The molecular formula is C15H17ClFN3O. The minimum Gasteiger partial charge on any atom is -0.371 e. The first kappa shape index (κ1) is 14.5. The van der Waals surface area contributed by atoms with Gasteiger partial charge in [-0.1, -0.05) is 23.7 Å². The monoisotopic (exact) mass is 309 g/mol. The Morgan fingerprint density at radius 1 is 1.38 bits per heavy atom. The molecule has 1 fully saturated rings. The van der Waals surface area contributed by atoms with Gasteiger partial charge in [0, 0.05) is 20.1 Å². The summed E-state index contributed by atoms with van der Waals surface area (Å²) in [4.78, 5) is 6.59. The number of halogens is 2. The topological polar surface area (TPSA) is 30.3 Å². The molecule has 1 aliphatic rings. The maximum atomic E-state index is 13.0. The third-order valence-corrected chi connectivity index (χ3v) is 4.14. The zero-order valence-electron chi connectivity index (χ0n) is 11.8. The fourth-order valence-corrected chi connectivity index (χ4v) is 2.64. The van der Waals surface area contributed by atoms with Gasteiger partial charge < -0.3 is 9.30 Å². The van der Waals surface area contributed by atoms with E-state index < -0.39 is 0 Å². The van der Waals surface area contributed by atoms with E-state index in [1.165, 1.54) is 12.1 Å². The van der Waals surface area contributed by atoms with Crippen LogP contribution in [0.25, 0.3) is 0 Å². The summed E-state index contributed by atoms with van der Waals surface area (Å²) in [7, 11) is 1.91. The Morgan fingerprint density at radius 2 is 2.14 bits per heavy atom. The van der Waals surface area contributed by atoms with Crippen molar-refractivity contribution in [3.05, 3.63) is 52.8 Å². The molecule has 1 atom stereocenters. The highest BCUT2D eigenvalue weighted by Gasteiger charge is 2.23.